The first kappa shape index (κ1) is 7.37. The molecule has 0 saturated heterocycles. The van der Waals surface area contributed by atoms with E-state index >= 15 is 0 Å². The van der Waals surface area contributed by atoms with Crippen molar-refractivity contribution >= 4 is 6.08 Å². The Balaban J connectivity index is 2.20. The quantitative estimate of drug-likeness (QED) is 0.559. The van der Waals surface area contributed by atoms with Gasteiger partial charge < -0.3 is 0 Å². The minimum absolute atomic E-state index is 0.267. The molecule has 65 valence electrons. The molecule has 3 rings (SSSR count). The van der Waals surface area contributed by atoms with Crippen LogP contribution in [0.15, 0.2) is 30.3 Å². The summed E-state index contributed by atoms with van der Waals surface area (Å²) in [4.78, 5) is 0. The number of rotatable bonds is 0. The molecular formula is C13H13. The van der Waals surface area contributed by atoms with E-state index in [1.165, 1.54) is 11.1 Å². The van der Waals surface area contributed by atoms with Crippen LogP contribution in [0.3, 0.4) is 0 Å². The van der Waals surface area contributed by atoms with Crippen LogP contribution in [0.25, 0.3) is 6.08 Å². The highest BCUT2D eigenvalue weighted by atomic mass is 14.6. The molecule has 1 atom stereocenters. The Morgan fingerprint density at radius 3 is 2.46 bits per heavy atom. The van der Waals surface area contributed by atoms with Crippen LogP contribution in [0.2, 0.25) is 0 Å². The van der Waals surface area contributed by atoms with E-state index in [1.807, 2.05) is 0 Å². The first-order chi connectivity index (χ1) is 6.16. The zero-order valence-corrected chi connectivity index (χ0v) is 8.04. The van der Waals surface area contributed by atoms with Crippen LogP contribution in [0.1, 0.15) is 25.0 Å². The molecule has 1 radical (unpaired) electrons. The minimum Gasteiger partial charge on any atom is -0.0725 e. The number of benzene rings is 1. The van der Waals surface area contributed by atoms with Crippen molar-refractivity contribution in [2.45, 2.75) is 19.3 Å². The third kappa shape index (κ3) is 0.720. The monoisotopic (exact) mass is 169 g/mol. The highest BCUT2D eigenvalue weighted by Gasteiger charge is 2.62. The SMILES string of the molecule is CC1(C)[CH]C12C=Cc1ccccc12. The second-order valence-electron chi connectivity index (χ2n) is 4.66. The fraction of sp³-hybridized carbons (Fsp3) is 0.308. The Morgan fingerprint density at radius 2 is 1.77 bits per heavy atom. The molecule has 1 unspecified atom stereocenters. The van der Waals surface area contributed by atoms with Crippen LogP contribution in [0.4, 0.5) is 0 Å². The summed E-state index contributed by atoms with van der Waals surface area (Å²) in [7, 11) is 0. The van der Waals surface area contributed by atoms with E-state index in [-0.39, 0.29) is 5.41 Å². The van der Waals surface area contributed by atoms with Crippen molar-refractivity contribution in [3.63, 3.8) is 0 Å². The lowest BCUT2D eigenvalue weighted by molar-refractivity contribution is 0.574. The van der Waals surface area contributed by atoms with E-state index in [1.54, 1.807) is 0 Å². The lowest BCUT2D eigenvalue weighted by Gasteiger charge is -2.13. The zero-order chi connectivity index (χ0) is 9.10. The van der Waals surface area contributed by atoms with Crippen molar-refractivity contribution in [1.29, 1.82) is 0 Å². The molecule has 1 aromatic carbocycles. The number of allylic oxidation sites excluding steroid dienone is 1. The van der Waals surface area contributed by atoms with Gasteiger partial charge in [-0.05, 0) is 23.0 Å². The predicted molar refractivity (Wildman–Crippen MR) is 55.2 cm³/mol. The molecule has 0 amide bonds. The van der Waals surface area contributed by atoms with E-state index in [0.717, 1.165) is 0 Å². The Hall–Kier alpha value is -1.04. The second kappa shape index (κ2) is 1.89. The summed E-state index contributed by atoms with van der Waals surface area (Å²) >= 11 is 0. The topological polar surface area (TPSA) is 0 Å². The molecule has 13 heavy (non-hydrogen) atoms. The summed E-state index contributed by atoms with van der Waals surface area (Å²) < 4.78 is 0. The zero-order valence-electron chi connectivity index (χ0n) is 8.04. The molecular weight excluding hydrogens is 156 g/mol. The molecule has 1 spiro atoms. The maximum Gasteiger partial charge on any atom is 0.0232 e. The van der Waals surface area contributed by atoms with Crippen molar-refractivity contribution < 1.29 is 0 Å². The van der Waals surface area contributed by atoms with Gasteiger partial charge in [-0.2, -0.15) is 0 Å². The maximum absolute atomic E-state index is 2.43. The molecule has 2 aliphatic carbocycles. The smallest absolute Gasteiger partial charge is 0.0232 e. The van der Waals surface area contributed by atoms with Crippen LogP contribution >= 0.6 is 0 Å². The van der Waals surface area contributed by atoms with E-state index in [9.17, 15) is 0 Å². The van der Waals surface area contributed by atoms with Gasteiger partial charge in [-0.25, -0.2) is 0 Å². The van der Waals surface area contributed by atoms with Crippen LogP contribution in [-0.4, -0.2) is 0 Å². The minimum atomic E-state index is 0.267. The van der Waals surface area contributed by atoms with Crippen LogP contribution in [0, 0.1) is 11.8 Å². The highest BCUT2D eigenvalue weighted by Crippen LogP contribution is 2.66. The first-order valence-electron chi connectivity index (χ1n) is 4.82. The number of hydrogen-bond acceptors (Lipinski definition) is 0. The van der Waals surface area contributed by atoms with Gasteiger partial charge in [-0.3, -0.25) is 0 Å². The average Bonchev–Trinajstić information content (AvgIpc) is 2.51. The fourth-order valence-corrected chi connectivity index (χ4v) is 2.55. The van der Waals surface area contributed by atoms with Crippen LogP contribution in [0.5, 0.6) is 0 Å². The molecule has 0 N–H and O–H groups in total. The van der Waals surface area contributed by atoms with Gasteiger partial charge >= 0.3 is 0 Å². The molecule has 1 fully saturated rings. The second-order valence-corrected chi connectivity index (χ2v) is 4.66. The van der Waals surface area contributed by atoms with Crippen molar-refractivity contribution in [2.24, 2.45) is 5.41 Å². The molecule has 2 aliphatic rings. The molecule has 0 aliphatic heterocycles. The van der Waals surface area contributed by atoms with Gasteiger partial charge in [0.15, 0.2) is 0 Å². The Bertz CT molecular complexity index is 398. The van der Waals surface area contributed by atoms with Gasteiger partial charge in [0.05, 0.1) is 0 Å². The fourth-order valence-electron chi connectivity index (χ4n) is 2.55. The summed E-state index contributed by atoms with van der Waals surface area (Å²) in [6.45, 7) is 4.61. The third-order valence-electron chi connectivity index (χ3n) is 3.50. The highest BCUT2D eigenvalue weighted by molar-refractivity contribution is 5.72. The van der Waals surface area contributed by atoms with Crippen molar-refractivity contribution in [1.82, 2.24) is 0 Å². The standard InChI is InChI=1S/C13H13/c1-12(2)9-13(12)8-7-10-5-3-4-6-11(10)13/h3-9H,1-2H3. The lowest BCUT2D eigenvalue weighted by Crippen LogP contribution is -2.08. The maximum atomic E-state index is 2.43. The van der Waals surface area contributed by atoms with Gasteiger partial charge in [-0.1, -0.05) is 50.3 Å². The average molecular weight is 169 g/mol. The molecule has 1 aromatic rings. The summed E-state index contributed by atoms with van der Waals surface area (Å²) in [6.07, 6.45) is 7.03. The molecule has 0 bridgehead atoms. The summed E-state index contributed by atoms with van der Waals surface area (Å²) in [5, 5.41) is 0. The molecule has 0 aromatic heterocycles. The third-order valence-corrected chi connectivity index (χ3v) is 3.50. The van der Waals surface area contributed by atoms with E-state index < -0.39 is 0 Å². The predicted octanol–water partition coefficient (Wildman–Crippen LogP) is 3.20. The van der Waals surface area contributed by atoms with Gasteiger partial charge in [0.25, 0.3) is 0 Å². The summed E-state index contributed by atoms with van der Waals surface area (Å²) in [5.41, 5.74) is 3.50. The number of fused-ring (bicyclic) bond motifs is 2. The Labute approximate surface area is 79.3 Å². The van der Waals surface area contributed by atoms with Gasteiger partial charge in [0.2, 0.25) is 0 Å². The lowest BCUT2D eigenvalue weighted by atomic mass is 9.90. The Kier molecular flexibility index (Phi) is 1.07. The molecule has 0 nitrogen and oxygen atoms in total. The molecule has 0 heterocycles. The Morgan fingerprint density at radius 1 is 1.08 bits per heavy atom. The van der Waals surface area contributed by atoms with Crippen molar-refractivity contribution in [2.75, 3.05) is 0 Å². The normalized spacial score (nSPS) is 32.2. The molecule has 1 saturated carbocycles. The van der Waals surface area contributed by atoms with E-state index in [0.29, 0.717) is 5.41 Å². The molecule has 0 heteroatoms. The largest absolute Gasteiger partial charge is 0.0725 e. The van der Waals surface area contributed by atoms with Gasteiger partial charge in [-0.15, -0.1) is 0 Å². The van der Waals surface area contributed by atoms with Crippen LogP contribution in [-0.2, 0) is 5.41 Å². The van der Waals surface area contributed by atoms with Crippen molar-refractivity contribution in [3.05, 3.63) is 47.9 Å². The van der Waals surface area contributed by atoms with Crippen molar-refractivity contribution in [3.8, 4) is 0 Å². The first-order valence-corrected chi connectivity index (χ1v) is 4.82. The van der Waals surface area contributed by atoms with Gasteiger partial charge in [0, 0.05) is 5.41 Å². The van der Waals surface area contributed by atoms with Crippen LogP contribution < -0.4 is 0 Å². The van der Waals surface area contributed by atoms with E-state index in [4.69, 9.17) is 0 Å². The van der Waals surface area contributed by atoms with E-state index in [2.05, 4.69) is 56.7 Å². The van der Waals surface area contributed by atoms with Gasteiger partial charge in [0.1, 0.15) is 0 Å². The summed E-state index contributed by atoms with van der Waals surface area (Å²) in [5.74, 6) is 0. The number of hydrogen-bond donors (Lipinski definition) is 0. The summed E-state index contributed by atoms with van der Waals surface area (Å²) in [6, 6.07) is 8.69.